The van der Waals surface area contributed by atoms with Crippen molar-refractivity contribution in [2.75, 3.05) is 44.7 Å². The van der Waals surface area contributed by atoms with E-state index in [2.05, 4.69) is 39.5 Å². The summed E-state index contributed by atoms with van der Waals surface area (Å²) in [5.41, 5.74) is 3.26. The molecule has 6 nitrogen and oxygen atoms in total. The number of ether oxygens (including phenoxy) is 1. The minimum Gasteiger partial charge on any atom is -0.382 e. The molecule has 2 aromatic carbocycles. The van der Waals surface area contributed by atoms with Gasteiger partial charge in [0.05, 0.1) is 13.2 Å². The summed E-state index contributed by atoms with van der Waals surface area (Å²) in [5.74, 6) is 0.118. The number of piperidine rings is 1. The summed E-state index contributed by atoms with van der Waals surface area (Å²) in [5, 5.41) is 5.64. The average Bonchev–Trinajstić information content (AvgIpc) is 2.86. The number of rotatable bonds is 5. The van der Waals surface area contributed by atoms with E-state index in [0.29, 0.717) is 6.04 Å². The van der Waals surface area contributed by atoms with Gasteiger partial charge in [-0.15, -0.1) is 0 Å². The fraction of sp³-hybridized carbons (Fsp3) is 0.385. The second-order valence-electron chi connectivity index (χ2n) is 8.70. The molecule has 1 N–H and O–H groups in total. The van der Waals surface area contributed by atoms with Crippen molar-refractivity contribution < 1.29 is 9.53 Å². The maximum absolute atomic E-state index is 13.2. The zero-order chi connectivity index (χ0) is 21.8. The number of anilines is 1. The Morgan fingerprint density at radius 2 is 1.78 bits per heavy atom. The Hall–Kier alpha value is -2.96. The molecule has 1 aromatic heterocycles. The van der Waals surface area contributed by atoms with Crippen LogP contribution in [-0.2, 0) is 11.3 Å². The molecule has 6 heteroatoms. The number of nitrogens with one attached hydrogen (secondary N) is 1. The molecule has 0 saturated carbocycles. The summed E-state index contributed by atoms with van der Waals surface area (Å²) in [6.45, 7) is 6.20. The maximum Gasteiger partial charge on any atom is 0.254 e. The van der Waals surface area contributed by atoms with Crippen molar-refractivity contribution in [1.82, 2.24) is 14.8 Å². The molecule has 1 amide bonds. The van der Waals surface area contributed by atoms with E-state index in [0.717, 1.165) is 80.8 Å². The van der Waals surface area contributed by atoms with E-state index in [1.165, 1.54) is 5.56 Å². The number of aromatic nitrogens is 1. The van der Waals surface area contributed by atoms with Crippen LogP contribution in [0.1, 0.15) is 28.8 Å². The van der Waals surface area contributed by atoms with E-state index >= 15 is 0 Å². The van der Waals surface area contributed by atoms with Gasteiger partial charge in [0.2, 0.25) is 0 Å². The number of fused-ring (bicyclic) bond motifs is 1. The third-order valence-corrected chi connectivity index (χ3v) is 6.53. The summed E-state index contributed by atoms with van der Waals surface area (Å²) in [6.07, 6.45) is 5.47. The molecule has 2 fully saturated rings. The molecule has 3 heterocycles. The highest BCUT2D eigenvalue weighted by molar-refractivity contribution is 6.06. The first-order valence-corrected chi connectivity index (χ1v) is 11.5. The van der Waals surface area contributed by atoms with Gasteiger partial charge in [-0.05, 0) is 48.1 Å². The minimum atomic E-state index is 0.118. The summed E-state index contributed by atoms with van der Waals surface area (Å²) in [6, 6.07) is 17.0. The van der Waals surface area contributed by atoms with Crippen molar-refractivity contribution in [2.45, 2.75) is 25.4 Å². The third kappa shape index (κ3) is 4.76. The number of nitrogens with zero attached hydrogens (tertiary/aromatic N) is 3. The van der Waals surface area contributed by atoms with Gasteiger partial charge in [-0.25, -0.2) is 0 Å². The molecule has 0 bridgehead atoms. The Labute approximate surface area is 189 Å². The lowest BCUT2D eigenvalue weighted by Gasteiger charge is -2.33. The van der Waals surface area contributed by atoms with Gasteiger partial charge >= 0.3 is 0 Å². The quantitative estimate of drug-likeness (QED) is 0.668. The number of likely N-dealkylation sites (tertiary alicyclic amines) is 1. The monoisotopic (exact) mass is 430 g/mol. The summed E-state index contributed by atoms with van der Waals surface area (Å²) in [7, 11) is 0. The molecule has 0 atom stereocenters. The molecule has 0 aliphatic carbocycles. The second kappa shape index (κ2) is 9.67. The van der Waals surface area contributed by atoms with Gasteiger partial charge in [0.15, 0.2) is 0 Å². The van der Waals surface area contributed by atoms with Gasteiger partial charge in [-0.2, -0.15) is 0 Å². The van der Waals surface area contributed by atoms with E-state index in [1.807, 2.05) is 35.4 Å². The first-order chi connectivity index (χ1) is 15.8. The first kappa shape index (κ1) is 20.9. The summed E-state index contributed by atoms with van der Waals surface area (Å²) < 4.78 is 5.43. The number of benzene rings is 2. The molecule has 2 aliphatic heterocycles. The molecular formula is C26H30N4O2. The molecular weight excluding hydrogens is 400 g/mol. The lowest BCUT2D eigenvalue weighted by atomic mass is 10.0. The van der Waals surface area contributed by atoms with Gasteiger partial charge < -0.3 is 15.0 Å². The number of hydrogen-bond acceptors (Lipinski definition) is 5. The van der Waals surface area contributed by atoms with Gasteiger partial charge in [0.25, 0.3) is 5.91 Å². The second-order valence-corrected chi connectivity index (χ2v) is 8.70. The molecule has 166 valence electrons. The van der Waals surface area contributed by atoms with Crippen LogP contribution in [0.15, 0.2) is 60.9 Å². The van der Waals surface area contributed by atoms with Crippen LogP contribution in [0.2, 0.25) is 0 Å². The van der Waals surface area contributed by atoms with Crippen LogP contribution >= 0.6 is 0 Å². The molecule has 0 spiro atoms. The number of pyridine rings is 1. The summed E-state index contributed by atoms with van der Waals surface area (Å²) >= 11 is 0. The first-order valence-electron chi connectivity index (χ1n) is 11.5. The summed E-state index contributed by atoms with van der Waals surface area (Å²) in [4.78, 5) is 21.7. The topological polar surface area (TPSA) is 57.7 Å². The van der Waals surface area contributed by atoms with E-state index < -0.39 is 0 Å². The van der Waals surface area contributed by atoms with Crippen LogP contribution in [0.3, 0.4) is 0 Å². The highest BCUT2D eigenvalue weighted by Crippen LogP contribution is 2.23. The van der Waals surface area contributed by atoms with Crippen molar-refractivity contribution in [3.63, 3.8) is 0 Å². The fourth-order valence-electron chi connectivity index (χ4n) is 4.67. The SMILES string of the molecule is O=C(c1cccc2cnccc12)N1CCC(Nc2ccc(CN3CCOCC3)cc2)CC1. The van der Waals surface area contributed by atoms with Crippen molar-refractivity contribution in [3.8, 4) is 0 Å². The van der Waals surface area contributed by atoms with Crippen LogP contribution in [0.25, 0.3) is 10.8 Å². The number of carbonyl (C=O) groups excluding carboxylic acids is 1. The Bertz CT molecular complexity index is 1050. The Morgan fingerprint density at radius 3 is 2.56 bits per heavy atom. The molecule has 5 rings (SSSR count). The van der Waals surface area contributed by atoms with Crippen LogP contribution in [-0.4, -0.2) is 66.1 Å². The van der Waals surface area contributed by atoms with Gasteiger partial charge in [0, 0.05) is 67.8 Å². The smallest absolute Gasteiger partial charge is 0.254 e. The molecule has 2 aliphatic rings. The maximum atomic E-state index is 13.2. The van der Waals surface area contributed by atoms with E-state index in [-0.39, 0.29) is 5.91 Å². The molecule has 0 radical (unpaired) electrons. The zero-order valence-corrected chi connectivity index (χ0v) is 18.4. The van der Waals surface area contributed by atoms with E-state index in [4.69, 9.17) is 4.74 Å². The van der Waals surface area contributed by atoms with Crippen molar-refractivity contribution in [2.24, 2.45) is 0 Å². The molecule has 3 aromatic rings. The molecule has 2 saturated heterocycles. The normalized spacial score (nSPS) is 18.1. The number of hydrogen-bond donors (Lipinski definition) is 1. The highest BCUT2D eigenvalue weighted by atomic mass is 16.5. The number of amides is 1. The van der Waals surface area contributed by atoms with E-state index in [1.54, 1.807) is 6.20 Å². The standard InChI is InChI=1S/C26H30N4O2/c31-26(25-3-1-2-21-18-27-11-8-24(21)25)30-12-9-23(10-13-30)28-22-6-4-20(5-7-22)19-29-14-16-32-17-15-29/h1-8,11,18,23,28H,9-10,12-17,19H2. The Morgan fingerprint density at radius 1 is 1.00 bits per heavy atom. The third-order valence-electron chi connectivity index (χ3n) is 6.53. The van der Waals surface area contributed by atoms with Gasteiger partial charge in [0.1, 0.15) is 0 Å². The lowest BCUT2D eigenvalue weighted by Crippen LogP contribution is -2.42. The largest absolute Gasteiger partial charge is 0.382 e. The van der Waals surface area contributed by atoms with Gasteiger partial charge in [-0.1, -0.05) is 24.3 Å². The lowest BCUT2D eigenvalue weighted by molar-refractivity contribution is 0.0342. The van der Waals surface area contributed by atoms with E-state index in [9.17, 15) is 4.79 Å². The van der Waals surface area contributed by atoms with Crippen LogP contribution in [0.4, 0.5) is 5.69 Å². The predicted molar refractivity (Wildman–Crippen MR) is 127 cm³/mol. The van der Waals surface area contributed by atoms with Crippen LogP contribution < -0.4 is 5.32 Å². The molecule has 32 heavy (non-hydrogen) atoms. The predicted octanol–water partition coefficient (Wildman–Crippen LogP) is 3.78. The fourth-order valence-corrected chi connectivity index (χ4v) is 4.67. The van der Waals surface area contributed by atoms with Gasteiger partial charge in [-0.3, -0.25) is 14.7 Å². The molecule has 0 unspecified atom stereocenters. The minimum absolute atomic E-state index is 0.118. The average molecular weight is 431 g/mol. The zero-order valence-electron chi connectivity index (χ0n) is 18.4. The van der Waals surface area contributed by atoms with Crippen molar-refractivity contribution in [3.05, 3.63) is 72.1 Å². The number of morpholine rings is 1. The van der Waals surface area contributed by atoms with Crippen molar-refractivity contribution >= 4 is 22.4 Å². The van der Waals surface area contributed by atoms with Crippen LogP contribution in [0, 0.1) is 0 Å². The Balaban J connectivity index is 1.15. The van der Waals surface area contributed by atoms with Crippen LogP contribution in [0.5, 0.6) is 0 Å². The Kier molecular flexibility index (Phi) is 6.32. The van der Waals surface area contributed by atoms with Crippen molar-refractivity contribution in [1.29, 1.82) is 0 Å². The number of carbonyl (C=O) groups is 1. The highest BCUT2D eigenvalue weighted by Gasteiger charge is 2.24.